The molecular formula is C30H37F6NO2. The van der Waals surface area contributed by atoms with Gasteiger partial charge in [0.25, 0.3) is 0 Å². The molecule has 0 aromatic heterocycles. The van der Waals surface area contributed by atoms with Crippen molar-refractivity contribution in [3.8, 4) is 11.1 Å². The number of carboxylic acid groups (broad SMARTS) is 1. The summed E-state index contributed by atoms with van der Waals surface area (Å²) >= 11 is 0. The zero-order valence-corrected chi connectivity index (χ0v) is 22.7. The van der Waals surface area contributed by atoms with Crippen LogP contribution in [0, 0.1) is 11.8 Å². The van der Waals surface area contributed by atoms with Crippen molar-refractivity contribution < 1.29 is 36.2 Å². The first kappa shape index (κ1) is 31.0. The van der Waals surface area contributed by atoms with Gasteiger partial charge in [0.1, 0.15) is 6.04 Å². The minimum atomic E-state index is -4.51. The molecule has 216 valence electrons. The fourth-order valence-corrected chi connectivity index (χ4v) is 5.42. The molecule has 2 unspecified atom stereocenters. The maximum atomic E-state index is 14.1. The number of hydrogen-bond donors (Lipinski definition) is 1. The minimum Gasteiger partial charge on any atom is -0.481 e. The predicted molar refractivity (Wildman–Crippen MR) is 139 cm³/mol. The van der Waals surface area contributed by atoms with Crippen LogP contribution in [-0.2, 0) is 11.0 Å². The summed E-state index contributed by atoms with van der Waals surface area (Å²) in [5, 5.41) is 10.0. The van der Waals surface area contributed by atoms with Gasteiger partial charge < -0.3 is 5.11 Å². The maximum Gasteiger partial charge on any atom is 0.416 e. The van der Waals surface area contributed by atoms with Gasteiger partial charge in [0.05, 0.1) is 11.5 Å². The molecule has 0 radical (unpaired) electrons. The highest BCUT2D eigenvalue weighted by Gasteiger charge is 2.47. The number of halogens is 6. The smallest absolute Gasteiger partial charge is 0.416 e. The number of piperidine rings is 1. The van der Waals surface area contributed by atoms with Gasteiger partial charge in [-0.15, -0.1) is 0 Å². The van der Waals surface area contributed by atoms with Crippen LogP contribution in [0.1, 0.15) is 88.4 Å². The van der Waals surface area contributed by atoms with E-state index in [0.717, 1.165) is 12.1 Å². The molecule has 1 aliphatic rings. The van der Waals surface area contributed by atoms with Gasteiger partial charge in [0.2, 0.25) is 0 Å². The first-order valence-corrected chi connectivity index (χ1v) is 13.5. The molecule has 3 atom stereocenters. The second-order valence-corrected chi connectivity index (χ2v) is 11.4. The largest absolute Gasteiger partial charge is 0.481 e. The van der Waals surface area contributed by atoms with Crippen molar-refractivity contribution in [2.24, 2.45) is 11.8 Å². The first-order chi connectivity index (χ1) is 18.1. The zero-order valence-electron chi connectivity index (χ0n) is 22.7. The SMILES string of the molecule is CC(C)CCN1C(c2cc(-c3ccc(C(F)(F)F)cc3)cc(C(CC(C)C)C(=O)O)c2)CCC[C@H]1C(F)(F)F. The lowest BCUT2D eigenvalue weighted by atomic mass is 9.83. The molecule has 2 aromatic carbocycles. The van der Waals surface area contributed by atoms with Crippen LogP contribution < -0.4 is 0 Å². The molecule has 1 heterocycles. The van der Waals surface area contributed by atoms with E-state index in [1.165, 1.54) is 17.0 Å². The Hall–Kier alpha value is -2.55. The molecule has 0 aliphatic carbocycles. The molecule has 2 aromatic rings. The van der Waals surface area contributed by atoms with Crippen molar-refractivity contribution in [1.29, 1.82) is 0 Å². The van der Waals surface area contributed by atoms with E-state index >= 15 is 0 Å². The molecule has 1 saturated heterocycles. The molecule has 3 nitrogen and oxygen atoms in total. The predicted octanol–water partition coefficient (Wildman–Crippen LogP) is 9.09. The molecule has 1 fully saturated rings. The number of carboxylic acids is 1. The molecule has 0 amide bonds. The maximum absolute atomic E-state index is 14.1. The van der Waals surface area contributed by atoms with Crippen molar-refractivity contribution in [2.45, 2.75) is 90.2 Å². The number of likely N-dealkylation sites (tertiary alicyclic amines) is 1. The summed E-state index contributed by atoms with van der Waals surface area (Å²) in [4.78, 5) is 13.8. The van der Waals surface area contributed by atoms with E-state index in [4.69, 9.17) is 0 Å². The van der Waals surface area contributed by atoms with Gasteiger partial charge in [0, 0.05) is 6.04 Å². The number of carbonyl (C=O) groups is 1. The van der Waals surface area contributed by atoms with Crippen LogP contribution in [0.3, 0.4) is 0 Å². The summed E-state index contributed by atoms with van der Waals surface area (Å²) in [6.45, 7) is 7.92. The van der Waals surface area contributed by atoms with Gasteiger partial charge in [-0.25, -0.2) is 0 Å². The number of rotatable bonds is 9. The van der Waals surface area contributed by atoms with Crippen molar-refractivity contribution in [1.82, 2.24) is 4.90 Å². The number of aliphatic carboxylic acids is 1. The minimum absolute atomic E-state index is 0.00531. The van der Waals surface area contributed by atoms with E-state index in [2.05, 4.69) is 0 Å². The summed E-state index contributed by atoms with van der Waals surface area (Å²) in [6.07, 6.45) is -7.20. The van der Waals surface area contributed by atoms with Gasteiger partial charge in [-0.2, -0.15) is 26.3 Å². The van der Waals surface area contributed by atoms with Gasteiger partial charge >= 0.3 is 18.3 Å². The lowest BCUT2D eigenvalue weighted by molar-refractivity contribution is -0.200. The Kier molecular flexibility index (Phi) is 9.78. The molecule has 9 heteroatoms. The Bertz CT molecular complexity index is 1110. The van der Waals surface area contributed by atoms with Crippen molar-refractivity contribution in [3.05, 3.63) is 59.2 Å². The molecular weight excluding hydrogens is 520 g/mol. The van der Waals surface area contributed by atoms with Crippen molar-refractivity contribution >= 4 is 5.97 Å². The summed E-state index contributed by atoms with van der Waals surface area (Å²) in [6, 6.07) is 7.41. The van der Waals surface area contributed by atoms with E-state index in [0.29, 0.717) is 47.9 Å². The van der Waals surface area contributed by atoms with Crippen LogP contribution in [0.2, 0.25) is 0 Å². The Morgan fingerprint density at radius 3 is 2.08 bits per heavy atom. The van der Waals surface area contributed by atoms with Crippen LogP contribution in [0.25, 0.3) is 11.1 Å². The first-order valence-electron chi connectivity index (χ1n) is 13.5. The van der Waals surface area contributed by atoms with E-state index in [1.54, 1.807) is 18.2 Å². The highest BCUT2D eigenvalue weighted by molar-refractivity contribution is 5.77. The zero-order chi connectivity index (χ0) is 29.1. The second kappa shape index (κ2) is 12.3. The third-order valence-corrected chi connectivity index (χ3v) is 7.41. The Morgan fingerprint density at radius 2 is 1.56 bits per heavy atom. The molecule has 0 bridgehead atoms. The van der Waals surface area contributed by atoms with E-state index < -0.39 is 41.9 Å². The van der Waals surface area contributed by atoms with Crippen LogP contribution in [0.5, 0.6) is 0 Å². The Balaban J connectivity index is 2.16. The number of alkyl halides is 6. The quantitative estimate of drug-likeness (QED) is 0.313. The fourth-order valence-electron chi connectivity index (χ4n) is 5.42. The van der Waals surface area contributed by atoms with Gasteiger partial charge in [0.15, 0.2) is 0 Å². The van der Waals surface area contributed by atoms with Gasteiger partial charge in [-0.3, -0.25) is 9.69 Å². The Labute approximate surface area is 226 Å². The second-order valence-electron chi connectivity index (χ2n) is 11.4. The molecule has 0 spiro atoms. The monoisotopic (exact) mass is 557 g/mol. The fraction of sp³-hybridized carbons (Fsp3) is 0.567. The molecule has 1 N–H and O–H groups in total. The number of benzene rings is 2. The molecule has 0 saturated carbocycles. The molecule has 1 aliphatic heterocycles. The standard InChI is InChI=1S/C30H37F6NO2/c1-18(2)12-13-37-26(6-5-7-27(37)30(34,35)36)23-16-21(20-8-10-24(11-9-20)29(31,32)33)15-22(17-23)25(28(38)39)14-19(3)4/h8-11,15-19,25-27H,5-7,12-14H2,1-4H3,(H,38,39)/t25?,26?,27-/m0/s1. The number of nitrogens with zero attached hydrogens (tertiary/aromatic N) is 1. The summed E-state index contributed by atoms with van der Waals surface area (Å²) in [5.74, 6) is -1.72. The average molecular weight is 558 g/mol. The van der Waals surface area contributed by atoms with Crippen LogP contribution in [0.4, 0.5) is 26.3 Å². The molecule has 39 heavy (non-hydrogen) atoms. The Morgan fingerprint density at radius 1 is 0.923 bits per heavy atom. The van der Waals surface area contributed by atoms with Crippen LogP contribution in [0.15, 0.2) is 42.5 Å². The van der Waals surface area contributed by atoms with E-state index in [1.807, 2.05) is 27.7 Å². The summed E-state index contributed by atoms with van der Waals surface area (Å²) in [5.41, 5.74) is 1.13. The van der Waals surface area contributed by atoms with E-state index in [9.17, 15) is 36.2 Å². The summed E-state index contributed by atoms with van der Waals surface area (Å²) in [7, 11) is 0. The normalized spacial score (nSPS) is 20.0. The van der Waals surface area contributed by atoms with Crippen molar-refractivity contribution in [3.63, 3.8) is 0 Å². The molecule has 3 rings (SSSR count). The topological polar surface area (TPSA) is 40.5 Å². The van der Waals surface area contributed by atoms with Gasteiger partial charge in [-0.1, -0.05) is 52.0 Å². The van der Waals surface area contributed by atoms with E-state index in [-0.39, 0.29) is 24.8 Å². The van der Waals surface area contributed by atoms with Crippen LogP contribution in [-0.4, -0.2) is 34.7 Å². The van der Waals surface area contributed by atoms with Crippen LogP contribution >= 0.6 is 0 Å². The van der Waals surface area contributed by atoms with Gasteiger partial charge in [-0.05, 0) is 90.9 Å². The highest BCUT2D eigenvalue weighted by atomic mass is 19.4. The highest BCUT2D eigenvalue weighted by Crippen LogP contribution is 2.43. The third kappa shape index (κ3) is 7.99. The summed E-state index contributed by atoms with van der Waals surface area (Å²) < 4.78 is 81.8. The lowest BCUT2D eigenvalue weighted by Gasteiger charge is -2.43. The van der Waals surface area contributed by atoms with Crippen molar-refractivity contribution in [2.75, 3.05) is 6.54 Å². The lowest BCUT2D eigenvalue weighted by Crippen LogP contribution is -2.50. The average Bonchev–Trinajstić information content (AvgIpc) is 2.84. The number of hydrogen-bond acceptors (Lipinski definition) is 2. The third-order valence-electron chi connectivity index (χ3n) is 7.41.